The third-order valence-corrected chi connectivity index (χ3v) is 5.71. The van der Waals surface area contributed by atoms with Crippen molar-refractivity contribution in [2.45, 2.75) is 6.92 Å². The van der Waals surface area contributed by atoms with Crippen LogP contribution in [0.25, 0.3) is 16.5 Å². The number of amides is 1. The average molecular weight is 428 g/mol. The number of fused-ring (bicyclic) bond motifs is 1. The van der Waals surface area contributed by atoms with Crippen LogP contribution in [0, 0.1) is 12.8 Å². The highest BCUT2D eigenvalue weighted by atomic mass is 16.5. The minimum absolute atomic E-state index is 0.0990. The van der Waals surface area contributed by atoms with Crippen molar-refractivity contribution < 1.29 is 14.3 Å². The first-order valence-corrected chi connectivity index (χ1v) is 10.6. The van der Waals surface area contributed by atoms with Crippen molar-refractivity contribution in [1.82, 2.24) is 19.4 Å². The van der Waals surface area contributed by atoms with Gasteiger partial charge >= 0.3 is 0 Å². The molecule has 7 nitrogen and oxygen atoms in total. The van der Waals surface area contributed by atoms with Gasteiger partial charge in [0, 0.05) is 30.6 Å². The quantitative estimate of drug-likeness (QED) is 0.466. The summed E-state index contributed by atoms with van der Waals surface area (Å²) in [6.07, 6.45) is 3.59. The summed E-state index contributed by atoms with van der Waals surface area (Å²) in [5, 5.41) is 2.26. The minimum atomic E-state index is -0.0990. The van der Waals surface area contributed by atoms with Crippen molar-refractivity contribution >= 4 is 16.7 Å². The minimum Gasteiger partial charge on any atom is -0.493 e. The van der Waals surface area contributed by atoms with Crippen molar-refractivity contribution in [2.24, 2.45) is 5.92 Å². The summed E-state index contributed by atoms with van der Waals surface area (Å²) >= 11 is 0. The van der Waals surface area contributed by atoms with Crippen LogP contribution in [0.2, 0.25) is 0 Å². The van der Waals surface area contributed by atoms with Gasteiger partial charge < -0.3 is 18.9 Å². The fraction of sp³-hybridized carbons (Fsp3) is 0.240. The summed E-state index contributed by atoms with van der Waals surface area (Å²) in [6, 6.07) is 17.8. The molecular weight excluding hydrogens is 404 g/mol. The highest BCUT2D eigenvalue weighted by Crippen LogP contribution is 2.28. The number of hydrogen-bond donors (Lipinski definition) is 0. The van der Waals surface area contributed by atoms with Gasteiger partial charge in [0.2, 0.25) is 5.88 Å². The molecule has 7 heteroatoms. The summed E-state index contributed by atoms with van der Waals surface area (Å²) < 4.78 is 13.3. The van der Waals surface area contributed by atoms with E-state index in [0.29, 0.717) is 37.2 Å². The Morgan fingerprint density at radius 2 is 1.91 bits per heavy atom. The Morgan fingerprint density at radius 1 is 1.09 bits per heavy atom. The lowest BCUT2D eigenvalue weighted by Gasteiger charge is -2.38. The number of aromatic nitrogens is 3. The molecule has 1 saturated heterocycles. The van der Waals surface area contributed by atoms with E-state index in [4.69, 9.17) is 9.47 Å². The van der Waals surface area contributed by atoms with E-state index in [1.54, 1.807) is 24.4 Å². The zero-order valence-corrected chi connectivity index (χ0v) is 18.1. The fourth-order valence-corrected chi connectivity index (χ4v) is 3.98. The number of benzene rings is 2. The standard InChI is InChI=1S/C25H24N4O3/c1-17-12-29(16-26-17)22-11-10-21(27-24(22)31-2)25(30)28-13-18(14-28)15-32-23-9-5-7-19-6-3-4-8-20(19)23/h3-12,16,18H,13-15H2,1-2H3. The van der Waals surface area contributed by atoms with Gasteiger partial charge in [-0.2, -0.15) is 0 Å². The molecule has 3 heterocycles. The molecule has 162 valence electrons. The Labute approximate surface area is 186 Å². The topological polar surface area (TPSA) is 69.5 Å². The average Bonchev–Trinajstić information content (AvgIpc) is 3.23. The van der Waals surface area contributed by atoms with Gasteiger partial charge in [0.05, 0.1) is 25.7 Å². The van der Waals surface area contributed by atoms with Gasteiger partial charge in [0.25, 0.3) is 5.91 Å². The number of imidazole rings is 1. The number of methoxy groups -OCH3 is 1. The van der Waals surface area contributed by atoms with E-state index in [-0.39, 0.29) is 5.91 Å². The molecule has 1 fully saturated rings. The van der Waals surface area contributed by atoms with Gasteiger partial charge in [-0.15, -0.1) is 0 Å². The molecular formula is C25H24N4O3. The SMILES string of the molecule is COc1nc(C(=O)N2CC(COc3cccc4ccccc34)C2)ccc1-n1cnc(C)c1. The third-order valence-electron chi connectivity index (χ3n) is 5.71. The van der Waals surface area contributed by atoms with E-state index < -0.39 is 0 Å². The van der Waals surface area contributed by atoms with Gasteiger partial charge in [0.1, 0.15) is 17.1 Å². The highest BCUT2D eigenvalue weighted by molar-refractivity contribution is 5.93. The molecule has 0 N–H and O–H groups in total. The van der Waals surface area contributed by atoms with Crippen LogP contribution in [-0.2, 0) is 0 Å². The van der Waals surface area contributed by atoms with Gasteiger partial charge in [-0.3, -0.25) is 4.79 Å². The van der Waals surface area contributed by atoms with Gasteiger partial charge in [-0.05, 0) is 30.5 Å². The molecule has 2 aromatic heterocycles. The first-order chi connectivity index (χ1) is 15.6. The van der Waals surface area contributed by atoms with Crippen LogP contribution in [-0.4, -0.2) is 52.1 Å². The van der Waals surface area contributed by atoms with Gasteiger partial charge in [-0.1, -0.05) is 36.4 Å². The Kier molecular flexibility index (Phi) is 5.23. The van der Waals surface area contributed by atoms with E-state index in [1.165, 1.54) is 0 Å². The van der Waals surface area contributed by atoms with Crippen molar-refractivity contribution in [3.8, 4) is 17.3 Å². The Balaban J connectivity index is 1.21. The van der Waals surface area contributed by atoms with Crippen LogP contribution >= 0.6 is 0 Å². The summed E-state index contributed by atoms with van der Waals surface area (Å²) in [7, 11) is 1.55. The van der Waals surface area contributed by atoms with Crippen LogP contribution in [0.3, 0.4) is 0 Å². The van der Waals surface area contributed by atoms with Crippen LogP contribution in [0.15, 0.2) is 67.1 Å². The molecule has 32 heavy (non-hydrogen) atoms. The smallest absolute Gasteiger partial charge is 0.272 e. The molecule has 1 aliphatic rings. The number of carbonyl (C=O) groups excluding carboxylic acids is 1. The second-order valence-corrected chi connectivity index (χ2v) is 8.01. The third kappa shape index (κ3) is 3.77. The largest absolute Gasteiger partial charge is 0.493 e. The molecule has 4 aromatic rings. The Bertz CT molecular complexity index is 1270. The highest BCUT2D eigenvalue weighted by Gasteiger charge is 2.32. The molecule has 0 spiro atoms. The molecule has 0 unspecified atom stereocenters. The molecule has 0 saturated carbocycles. The van der Waals surface area contributed by atoms with Crippen LogP contribution < -0.4 is 9.47 Å². The number of pyridine rings is 1. The first kappa shape index (κ1) is 20.1. The maximum atomic E-state index is 12.9. The van der Waals surface area contributed by atoms with Crippen molar-refractivity contribution in [1.29, 1.82) is 0 Å². The Hall–Kier alpha value is -3.87. The summed E-state index contributed by atoms with van der Waals surface area (Å²) in [5.41, 5.74) is 2.01. The second-order valence-electron chi connectivity index (χ2n) is 8.01. The van der Waals surface area contributed by atoms with Crippen LogP contribution in [0.4, 0.5) is 0 Å². The number of hydrogen-bond acceptors (Lipinski definition) is 5. The van der Waals surface area contributed by atoms with Crippen molar-refractivity contribution in [2.75, 3.05) is 26.8 Å². The van der Waals surface area contributed by atoms with Crippen molar-refractivity contribution in [3.05, 3.63) is 78.5 Å². The molecule has 2 aromatic carbocycles. The lowest BCUT2D eigenvalue weighted by molar-refractivity contribution is 0.0388. The fourth-order valence-electron chi connectivity index (χ4n) is 3.98. The summed E-state index contributed by atoms with van der Waals surface area (Å²) in [6.45, 7) is 3.79. The molecule has 1 aliphatic heterocycles. The first-order valence-electron chi connectivity index (χ1n) is 10.6. The monoisotopic (exact) mass is 428 g/mol. The van der Waals surface area contributed by atoms with E-state index in [9.17, 15) is 4.79 Å². The maximum absolute atomic E-state index is 12.9. The number of rotatable bonds is 6. The molecule has 0 bridgehead atoms. The number of aryl methyl sites for hydroxylation is 1. The van der Waals surface area contributed by atoms with E-state index in [1.807, 2.05) is 48.0 Å². The molecule has 0 aliphatic carbocycles. The molecule has 0 radical (unpaired) electrons. The van der Waals surface area contributed by atoms with Gasteiger partial charge in [0.15, 0.2) is 0 Å². The summed E-state index contributed by atoms with van der Waals surface area (Å²) in [5.74, 6) is 1.47. The maximum Gasteiger partial charge on any atom is 0.272 e. The van der Waals surface area contributed by atoms with Gasteiger partial charge in [-0.25, -0.2) is 9.97 Å². The van der Waals surface area contributed by atoms with Crippen LogP contribution in [0.1, 0.15) is 16.2 Å². The summed E-state index contributed by atoms with van der Waals surface area (Å²) in [4.78, 5) is 23.4. The predicted molar refractivity (Wildman–Crippen MR) is 121 cm³/mol. The lowest BCUT2D eigenvalue weighted by atomic mass is 10.0. The lowest BCUT2D eigenvalue weighted by Crippen LogP contribution is -2.52. The van der Waals surface area contributed by atoms with E-state index >= 15 is 0 Å². The number of nitrogens with zero attached hydrogens (tertiary/aromatic N) is 4. The zero-order chi connectivity index (χ0) is 22.1. The van der Waals surface area contributed by atoms with E-state index in [2.05, 4.69) is 28.2 Å². The van der Waals surface area contributed by atoms with Crippen LogP contribution in [0.5, 0.6) is 11.6 Å². The Morgan fingerprint density at radius 3 is 2.69 bits per heavy atom. The van der Waals surface area contributed by atoms with Crippen molar-refractivity contribution in [3.63, 3.8) is 0 Å². The predicted octanol–water partition coefficient (Wildman–Crippen LogP) is 3.89. The molecule has 0 atom stereocenters. The number of ether oxygens (including phenoxy) is 2. The molecule has 1 amide bonds. The number of carbonyl (C=O) groups is 1. The van der Waals surface area contributed by atoms with E-state index in [0.717, 1.165) is 27.9 Å². The molecule has 5 rings (SSSR count). The zero-order valence-electron chi connectivity index (χ0n) is 18.1. The number of likely N-dealkylation sites (tertiary alicyclic amines) is 1. The second kappa shape index (κ2) is 8.34. The normalized spacial score (nSPS) is 13.8.